The number of nitrogens with zero attached hydrogens (tertiary/aromatic N) is 1. The summed E-state index contributed by atoms with van der Waals surface area (Å²) in [6.45, 7) is 0. The lowest BCUT2D eigenvalue weighted by atomic mass is 9.82. The number of carbonyl (C=O) groups is 1. The van der Waals surface area contributed by atoms with Gasteiger partial charge in [-0.15, -0.1) is 0 Å². The van der Waals surface area contributed by atoms with Crippen molar-refractivity contribution in [3.63, 3.8) is 0 Å². The zero-order valence-electron chi connectivity index (χ0n) is 20.9. The molecule has 5 rings (SSSR count). The van der Waals surface area contributed by atoms with E-state index in [9.17, 15) is 13.2 Å². The zero-order valence-corrected chi connectivity index (χ0v) is 23.2. The number of ether oxygens (including phenoxy) is 1. The van der Waals surface area contributed by atoms with E-state index in [1.165, 1.54) is 30.7 Å². The standard InChI is InChI=1S/C28H29Cl2N3O4S/c1-33-20-5-4-6-21(33)17-19(16-20)31-28(34)24-15-18(29)9-14-26(24)32-38(35,36)23-12-10-22(11-13-23)37-27-8-3-2-7-25(27)30/h2-3,7-15,19-21,32H,4-6,16-17H2,1H3,(H,31,34)/t19?,20-,21+. The maximum Gasteiger partial charge on any atom is 0.261 e. The summed E-state index contributed by atoms with van der Waals surface area (Å²) >= 11 is 12.3. The number of sulfonamides is 1. The average molecular weight is 575 g/mol. The topological polar surface area (TPSA) is 87.7 Å². The molecule has 0 aromatic heterocycles. The van der Waals surface area contributed by atoms with Gasteiger partial charge in [0, 0.05) is 23.1 Å². The lowest BCUT2D eigenvalue weighted by Crippen LogP contribution is -2.55. The van der Waals surface area contributed by atoms with Gasteiger partial charge >= 0.3 is 0 Å². The minimum Gasteiger partial charge on any atom is -0.456 e. The number of hydrogen-bond acceptors (Lipinski definition) is 5. The van der Waals surface area contributed by atoms with Crippen molar-refractivity contribution in [3.05, 3.63) is 82.3 Å². The summed E-state index contributed by atoms with van der Waals surface area (Å²) in [6.07, 6.45) is 5.23. The van der Waals surface area contributed by atoms with Gasteiger partial charge in [-0.1, -0.05) is 41.8 Å². The number of anilines is 1. The quantitative estimate of drug-likeness (QED) is 0.344. The van der Waals surface area contributed by atoms with Crippen LogP contribution in [-0.2, 0) is 10.0 Å². The molecular weight excluding hydrogens is 545 g/mol. The number of amides is 1. The number of hydrogen-bond donors (Lipinski definition) is 2. The van der Waals surface area contributed by atoms with E-state index in [1.54, 1.807) is 42.5 Å². The van der Waals surface area contributed by atoms with Crippen LogP contribution in [0.4, 0.5) is 5.69 Å². The molecule has 38 heavy (non-hydrogen) atoms. The molecule has 2 bridgehead atoms. The molecule has 0 spiro atoms. The van der Waals surface area contributed by atoms with Crippen LogP contribution >= 0.6 is 23.2 Å². The summed E-state index contributed by atoms with van der Waals surface area (Å²) in [7, 11) is -1.84. The number of fused-ring (bicyclic) bond motifs is 2. The number of nitrogens with one attached hydrogen (secondary N) is 2. The Hall–Kier alpha value is -2.78. The van der Waals surface area contributed by atoms with Crippen LogP contribution in [0, 0.1) is 0 Å². The molecule has 0 aliphatic carbocycles. The third kappa shape index (κ3) is 5.94. The van der Waals surface area contributed by atoms with Crippen LogP contribution in [0.25, 0.3) is 0 Å². The summed E-state index contributed by atoms with van der Waals surface area (Å²) in [5.74, 6) is 0.556. The molecule has 3 atom stereocenters. The number of benzene rings is 3. The average Bonchev–Trinajstić information content (AvgIpc) is 2.87. The van der Waals surface area contributed by atoms with Crippen molar-refractivity contribution in [2.75, 3.05) is 11.8 Å². The monoisotopic (exact) mass is 573 g/mol. The van der Waals surface area contributed by atoms with Crippen LogP contribution < -0.4 is 14.8 Å². The molecule has 200 valence electrons. The van der Waals surface area contributed by atoms with Crippen molar-refractivity contribution >= 4 is 44.8 Å². The molecule has 2 N–H and O–H groups in total. The van der Waals surface area contributed by atoms with Crippen LogP contribution in [0.1, 0.15) is 42.5 Å². The Morgan fingerprint density at radius 1 is 0.974 bits per heavy atom. The van der Waals surface area contributed by atoms with Crippen molar-refractivity contribution in [2.45, 2.75) is 55.1 Å². The summed E-state index contributed by atoms with van der Waals surface area (Å²) in [5, 5.41) is 3.92. The van der Waals surface area contributed by atoms with Crippen LogP contribution in [0.5, 0.6) is 11.5 Å². The van der Waals surface area contributed by atoms with Crippen LogP contribution in [-0.4, -0.2) is 44.4 Å². The second-order valence-corrected chi connectivity index (χ2v) is 12.4. The van der Waals surface area contributed by atoms with Crippen molar-refractivity contribution in [1.29, 1.82) is 0 Å². The number of piperidine rings is 2. The Morgan fingerprint density at radius 3 is 2.34 bits per heavy atom. The molecule has 3 aromatic rings. The molecule has 2 fully saturated rings. The van der Waals surface area contributed by atoms with Gasteiger partial charge < -0.3 is 15.0 Å². The highest BCUT2D eigenvalue weighted by molar-refractivity contribution is 7.92. The smallest absolute Gasteiger partial charge is 0.261 e. The number of para-hydroxylation sites is 1. The Morgan fingerprint density at radius 2 is 1.66 bits per heavy atom. The van der Waals surface area contributed by atoms with Gasteiger partial charge in [0.15, 0.2) is 0 Å². The second kappa shape index (κ2) is 11.1. The first-order chi connectivity index (χ1) is 18.2. The summed E-state index contributed by atoms with van der Waals surface area (Å²) in [6, 6.07) is 18.5. The molecule has 3 aromatic carbocycles. The molecule has 2 aliphatic rings. The van der Waals surface area contributed by atoms with Gasteiger partial charge in [0.25, 0.3) is 15.9 Å². The fourth-order valence-corrected chi connectivity index (χ4v) is 6.76. The van der Waals surface area contributed by atoms with Gasteiger partial charge in [-0.25, -0.2) is 8.42 Å². The molecule has 2 saturated heterocycles. The fourth-order valence-electron chi connectivity index (χ4n) is 5.34. The number of rotatable bonds is 7. The Kier molecular flexibility index (Phi) is 7.86. The second-order valence-electron chi connectivity index (χ2n) is 9.85. The van der Waals surface area contributed by atoms with E-state index in [0.29, 0.717) is 33.6 Å². The van der Waals surface area contributed by atoms with E-state index >= 15 is 0 Å². The molecule has 2 aliphatic heterocycles. The van der Waals surface area contributed by atoms with Crippen LogP contribution in [0.2, 0.25) is 10.0 Å². The molecule has 2 heterocycles. The van der Waals surface area contributed by atoms with Gasteiger partial charge in [0.1, 0.15) is 11.5 Å². The minimum absolute atomic E-state index is 0.0217. The predicted molar refractivity (Wildman–Crippen MR) is 150 cm³/mol. The SMILES string of the molecule is CN1[C@@H]2CCC[C@H]1CC(NC(=O)c1cc(Cl)ccc1NS(=O)(=O)c1ccc(Oc3ccccc3Cl)cc1)C2. The lowest BCUT2D eigenvalue weighted by Gasteiger charge is -2.47. The zero-order chi connectivity index (χ0) is 26.9. The fraction of sp³-hybridized carbons (Fsp3) is 0.321. The number of carbonyl (C=O) groups excluding carboxylic acids is 1. The molecule has 0 saturated carbocycles. The van der Waals surface area contributed by atoms with E-state index in [-0.39, 0.29) is 28.1 Å². The summed E-state index contributed by atoms with van der Waals surface area (Å²) in [5.41, 5.74) is 0.347. The highest BCUT2D eigenvalue weighted by atomic mass is 35.5. The summed E-state index contributed by atoms with van der Waals surface area (Å²) < 4.78 is 34.7. The number of halogens is 2. The van der Waals surface area contributed by atoms with Crippen molar-refractivity contribution in [3.8, 4) is 11.5 Å². The highest BCUT2D eigenvalue weighted by Crippen LogP contribution is 2.34. The largest absolute Gasteiger partial charge is 0.456 e. The molecule has 1 unspecified atom stereocenters. The molecule has 7 nitrogen and oxygen atoms in total. The maximum absolute atomic E-state index is 13.3. The van der Waals surface area contributed by atoms with E-state index in [0.717, 1.165) is 25.7 Å². The molecular formula is C28H29Cl2N3O4S. The van der Waals surface area contributed by atoms with Crippen LogP contribution in [0.3, 0.4) is 0 Å². The molecule has 1 amide bonds. The van der Waals surface area contributed by atoms with Crippen molar-refractivity contribution < 1.29 is 17.9 Å². The normalized spacial score (nSPS) is 21.5. The molecule has 10 heteroatoms. The van der Waals surface area contributed by atoms with Crippen molar-refractivity contribution in [1.82, 2.24) is 10.2 Å². The van der Waals surface area contributed by atoms with Crippen LogP contribution in [0.15, 0.2) is 71.6 Å². The Labute approximate surface area is 233 Å². The maximum atomic E-state index is 13.3. The predicted octanol–water partition coefficient (Wildman–Crippen LogP) is 6.33. The first kappa shape index (κ1) is 26.8. The van der Waals surface area contributed by atoms with E-state index in [2.05, 4.69) is 22.0 Å². The third-order valence-electron chi connectivity index (χ3n) is 7.34. The van der Waals surface area contributed by atoms with Gasteiger partial charge in [-0.2, -0.15) is 0 Å². The molecule has 0 radical (unpaired) electrons. The Balaban J connectivity index is 1.31. The van der Waals surface area contributed by atoms with Gasteiger partial charge in [0.05, 0.1) is 21.2 Å². The highest BCUT2D eigenvalue weighted by Gasteiger charge is 2.36. The summed E-state index contributed by atoms with van der Waals surface area (Å²) in [4.78, 5) is 15.8. The van der Waals surface area contributed by atoms with E-state index in [4.69, 9.17) is 27.9 Å². The minimum atomic E-state index is -3.99. The van der Waals surface area contributed by atoms with Gasteiger partial charge in [-0.3, -0.25) is 9.52 Å². The third-order valence-corrected chi connectivity index (χ3v) is 9.27. The first-order valence-electron chi connectivity index (χ1n) is 12.6. The van der Waals surface area contributed by atoms with E-state index < -0.39 is 10.0 Å². The lowest BCUT2D eigenvalue weighted by molar-refractivity contribution is 0.0463. The van der Waals surface area contributed by atoms with Gasteiger partial charge in [0.2, 0.25) is 0 Å². The first-order valence-corrected chi connectivity index (χ1v) is 14.8. The van der Waals surface area contributed by atoms with E-state index in [1.807, 2.05) is 0 Å². The Bertz CT molecular complexity index is 1420. The van der Waals surface area contributed by atoms with Crippen molar-refractivity contribution in [2.24, 2.45) is 0 Å². The van der Waals surface area contributed by atoms with Gasteiger partial charge in [-0.05, 0) is 87.3 Å².